The minimum Gasteiger partial charge on any atom is -0.388 e. The molecule has 0 aliphatic heterocycles. The van der Waals surface area contributed by atoms with Crippen molar-refractivity contribution in [3.05, 3.63) is 53.7 Å². The molecule has 17 heavy (non-hydrogen) atoms. The lowest BCUT2D eigenvalue weighted by atomic mass is 10.0. The van der Waals surface area contributed by atoms with E-state index in [2.05, 4.69) is 22.6 Å². The van der Waals surface area contributed by atoms with Gasteiger partial charge < -0.3 is 5.11 Å². The average molecular weight is 399 g/mol. The van der Waals surface area contributed by atoms with Crippen molar-refractivity contribution in [2.45, 2.75) is 12.5 Å². The minimum atomic E-state index is -0.494. The zero-order chi connectivity index (χ0) is 12.4. The summed E-state index contributed by atoms with van der Waals surface area (Å²) in [6, 6.07) is 7.43. The molecule has 1 nitrogen and oxygen atoms in total. The van der Waals surface area contributed by atoms with Crippen LogP contribution in [0.4, 0.5) is 0 Å². The number of hydrogen-bond acceptors (Lipinski definition) is 2. The molecule has 2 aromatic rings. The fraction of sp³-hybridized carbons (Fsp3) is 0.167. The highest BCUT2D eigenvalue weighted by Crippen LogP contribution is 2.27. The van der Waals surface area contributed by atoms with E-state index in [1.165, 1.54) is 2.88 Å². The van der Waals surface area contributed by atoms with E-state index in [4.69, 9.17) is 23.2 Å². The van der Waals surface area contributed by atoms with Crippen LogP contribution in [-0.4, -0.2) is 5.11 Å². The molecule has 0 fully saturated rings. The molecule has 0 aliphatic rings. The maximum Gasteiger partial charge on any atom is 0.0838 e. The van der Waals surface area contributed by atoms with E-state index in [1.54, 1.807) is 23.5 Å². The van der Waals surface area contributed by atoms with Gasteiger partial charge in [-0.15, -0.1) is 11.3 Å². The Labute approximate surface area is 128 Å². The van der Waals surface area contributed by atoms with Crippen molar-refractivity contribution in [2.75, 3.05) is 0 Å². The summed E-state index contributed by atoms with van der Waals surface area (Å²) in [7, 11) is 0. The van der Waals surface area contributed by atoms with Gasteiger partial charge >= 0.3 is 0 Å². The summed E-state index contributed by atoms with van der Waals surface area (Å²) in [5.41, 5.74) is 1.93. The number of thiophene rings is 1. The first-order valence-electron chi connectivity index (χ1n) is 4.92. The van der Waals surface area contributed by atoms with Gasteiger partial charge in [-0.25, -0.2) is 0 Å². The summed E-state index contributed by atoms with van der Waals surface area (Å²) in [5, 5.41) is 13.1. The van der Waals surface area contributed by atoms with Crippen LogP contribution in [0.25, 0.3) is 0 Å². The van der Waals surface area contributed by atoms with Crippen molar-refractivity contribution in [1.29, 1.82) is 0 Å². The molecule has 1 atom stereocenters. The predicted molar refractivity (Wildman–Crippen MR) is 82.2 cm³/mol. The Hall–Kier alpha value is 0.190. The van der Waals surface area contributed by atoms with Gasteiger partial charge in [0.2, 0.25) is 0 Å². The van der Waals surface area contributed by atoms with E-state index in [0.717, 1.165) is 11.1 Å². The van der Waals surface area contributed by atoms with Gasteiger partial charge in [-0.1, -0.05) is 29.3 Å². The predicted octanol–water partition coefficient (Wildman–Crippen LogP) is 4.94. The summed E-state index contributed by atoms with van der Waals surface area (Å²) < 4.78 is 1.17. The molecule has 0 amide bonds. The SMILES string of the molecule is OC(Cc1ccc(Cl)c(Cl)c1)c1csc(I)c1. The summed E-state index contributed by atoms with van der Waals surface area (Å²) >= 11 is 15.7. The molecule has 0 saturated heterocycles. The smallest absolute Gasteiger partial charge is 0.0838 e. The third-order valence-corrected chi connectivity index (χ3v) is 4.93. The second kappa shape index (κ2) is 5.89. The van der Waals surface area contributed by atoms with Gasteiger partial charge in [-0.3, -0.25) is 0 Å². The Kier molecular flexibility index (Phi) is 4.72. The van der Waals surface area contributed by atoms with Gasteiger partial charge in [0.25, 0.3) is 0 Å². The van der Waals surface area contributed by atoms with E-state index in [0.29, 0.717) is 16.5 Å². The molecule has 0 spiro atoms. The van der Waals surface area contributed by atoms with Gasteiger partial charge in [0.1, 0.15) is 0 Å². The van der Waals surface area contributed by atoms with Gasteiger partial charge in [0, 0.05) is 6.42 Å². The van der Waals surface area contributed by atoms with Crippen molar-refractivity contribution in [2.24, 2.45) is 0 Å². The van der Waals surface area contributed by atoms with Gasteiger partial charge in [-0.2, -0.15) is 0 Å². The van der Waals surface area contributed by atoms with Crippen molar-refractivity contribution < 1.29 is 5.11 Å². The zero-order valence-electron chi connectivity index (χ0n) is 8.66. The normalized spacial score (nSPS) is 12.7. The van der Waals surface area contributed by atoms with Gasteiger partial charge in [0.15, 0.2) is 0 Å². The molecule has 5 heteroatoms. The summed E-state index contributed by atoms with van der Waals surface area (Å²) in [4.78, 5) is 0. The van der Waals surface area contributed by atoms with Crippen LogP contribution in [0, 0.1) is 2.88 Å². The quantitative estimate of drug-likeness (QED) is 0.726. The summed E-state index contributed by atoms with van der Waals surface area (Å²) in [6.07, 6.45) is 0.0518. The molecular weight excluding hydrogens is 390 g/mol. The molecule has 0 radical (unpaired) electrons. The number of aliphatic hydroxyl groups excluding tert-OH is 1. The minimum absolute atomic E-state index is 0.494. The Balaban J connectivity index is 2.12. The third kappa shape index (κ3) is 3.58. The highest BCUT2D eigenvalue weighted by Gasteiger charge is 2.11. The van der Waals surface area contributed by atoms with Crippen LogP contribution in [0.15, 0.2) is 29.6 Å². The highest BCUT2D eigenvalue weighted by atomic mass is 127. The number of aliphatic hydroxyl groups is 1. The summed E-state index contributed by atoms with van der Waals surface area (Å²) in [6.45, 7) is 0. The number of rotatable bonds is 3. The number of benzene rings is 1. The first kappa shape index (κ1) is 13.6. The molecule has 1 N–H and O–H groups in total. The summed E-state index contributed by atoms with van der Waals surface area (Å²) in [5.74, 6) is 0. The lowest BCUT2D eigenvalue weighted by Crippen LogP contribution is -2.00. The number of halogens is 3. The van der Waals surface area contributed by atoms with Crippen molar-refractivity contribution in [3.8, 4) is 0 Å². The van der Waals surface area contributed by atoms with Crippen molar-refractivity contribution in [1.82, 2.24) is 0 Å². The maximum absolute atomic E-state index is 10.1. The molecule has 0 saturated carbocycles. The molecule has 0 aliphatic carbocycles. The van der Waals surface area contributed by atoms with Crippen LogP contribution in [-0.2, 0) is 6.42 Å². The second-order valence-electron chi connectivity index (χ2n) is 3.65. The van der Waals surface area contributed by atoms with Crippen molar-refractivity contribution in [3.63, 3.8) is 0 Å². The number of hydrogen-bond donors (Lipinski definition) is 1. The average Bonchev–Trinajstić information content (AvgIpc) is 2.70. The van der Waals surface area contributed by atoms with Crippen LogP contribution in [0.1, 0.15) is 17.2 Å². The monoisotopic (exact) mass is 398 g/mol. The van der Waals surface area contributed by atoms with Crippen LogP contribution < -0.4 is 0 Å². The first-order chi connectivity index (χ1) is 8.06. The van der Waals surface area contributed by atoms with E-state index in [9.17, 15) is 5.11 Å². The topological polar surface area (TPSA) is 20.2 Å². The molecule has 1 aromatic carbocycles. The van der Waals surface area contributed by atoms with E-state index < -0.39 is 6.10 Å². The molecule has 0 bridgehead atoms. The fourth-order valence-corrected chi connectivity index (χ4v) is 3.25. The lowest BCUT2D eigenvalue weighted by molar-refractivity contribution is 0.179. The molecule has 1 aromatic heterocycles. The van der Waals surface area contributed by atoms with Crippen molar-refractivity contribution >= 4 is 57.1 Å². The van der Waals surface area contributed by atoms with Crippen LogP contribution in [0.5, 0.6) is 0 Å². The molecule has 1 heterocycles. The van der Waals surface area contributed by atoms with E-state index in [-0.39, 0.29) is 0 Å². The fourth-order valence-electron chi connectivity index (χ4n) is 1.51. The Morgan fingerprint density at radius 1 is 1.24 bits per heavy atom. The molecular formula is C12H9Cl2IOS. The molecule has 2 rings (SSSR count). The Morgan fingerprint density at radius 2 is 2.00 bits per heavy atom. The van der Waals surface area contributed by atoms with Gasteiger partial charge in [-0.05, 0) is 57.3 Å². The third-order valence-electron chi connectivity index (χ3n) is 2.39. The largest absolute Gasteiger partial charge is 0.388 e. The zero-order valence-corrected chi connectivity index (χ0v) is 13.1. The lowest BCUT2D eigenvalue weighted by Gasteiger charge is -2.09. The van der Waals surface area contributed by atoms with E-state index in [1.807, 2.05) is 17.5 Å². The standard InChI is InChI=1S/C12H9Cl2IOS/c13-9-2-1-7(3-10(9)14)4-11(16)8-5-12(15)17-6-8/h1-3,5-6,11,16H,4H2. The van der Waals surface area contributed by atoms with Gasteiger partial charge in [0.05, 0.1) is 19.0 Å². The van der Waals surface area contributed by atoms with Crippen LogP contribution in [0.3, 0.4) is 0 Å². The first-order valence-corrected chi connectivity index (χ1v) is 7.63. The maximum atomic E-state index is 10.1. The Morgan fingerprint density at radius 3 is 2.59 bits per heavy atom. The van der Waals surface area contributed by atoms with Crippen LogP contribution in [0.2, 0.25) is 10.0 Å². The Bertz CT molecular complexity index is 527. The highest BCUT2D eigenvalue weighted by molar-refractivity contribution is 14.1. The molecule has 90 valence electrons. The van der Waals surface area contributed by atoms with Crippen LogP contribution >= 0.6 is 57.1 Å². The second-order valence-corrected chi connectivity index (χ2v) is 7.27. The molecule has 1 unspecified atom stereocenters. The van der Waals surface area contributed by atoms with E-state index >= 15 is 0 Å².